The molecule has 108 valence electrons. The molecular formula is C12H16BrN5O2. The van der Waals surface area contributed by atoms with Crippen molar-refractivity contribution < 1.29 is 9.59 Å². The minimum atomic E-state index is 0.101. The maximum absolute atomic E-state index is 11.3. The van der Waals surface area contributed by atoms with Gasteiger partial charge in [-0.2, -0.15) is 0 Å². The van der Waals surface area contributed by atoms with Gasteiger partial charge < -0.3 is 21.8 Å². The van der Waals surface area contributed by atoms with E-state index in [9.17, 15) is 9.59 Å². The van der Waals surface area contributed by atoms with Crippen LogP contribution in [0.4, 0.5) is 0 Å². The van der Waals surface area contributed by atoms with Crippen LogP contribution >= 0.6 is 15.9 Å². The molecule has 0 amide bonds. The molecule has 0 aliphatic heterocycles. The van der Waals surface area contributed by atoms with Gasteiger partial charge in [0, 0.05) is 12.6 Å². The molecule has 0 saturated heterocycles. The number of guanidine groups is 1. The number of hydrogen-bond donors (Lipinski definition) is 4. The zero-order valence-corrected chi connectivity index (χ0v) is 12.5. The van der Waals surface area contributed by atoms with Crippen molar-refractivity contribution in [1.82, 2.24) is 10.3 Å². The van der Waals surface area contributed by atoms with Gasteiger partial charge in [-0.3, -0.25) is 14.6 Å². The van der Waals surface area contributed by atoms with Gasteiger partial charge in [-0.15, -0.1) is 0 Å². The van der Waals surface area contributed by atoms with Crippen LogP contribution in [0.1, 0.15) is 22.5 Å². The van der Waals surface area contributed by atoms with Crippen LogP contribution in [-0.4, -0.2) is 37.1 Å². The molecule has 0 bridgehead atoms. The molecule has 6 N–H and O–H groups in total. The number of H-pyrrole nitrogens is 1. The van der Waals surface area contributed by atoms with Crippen molar-refractivity contribution >= 4 is 40.0 Å². The van der Waals surface area contributed by atoms with E-state index < -0.39 is 0 Å². The molecular weight excluding hydrogens is 326 g/mol. The average molecular weight is 342 g/mol. The SMILES string of the molecule is CN=C(N)N/C(C=O)=C(/CCN)c1cc(Br)[nH]c1C=O. The minimum absolute atomic E-state index is 0.101. The number of hydrogen-bond acceptors (Lipinski definition) is 4. The normalized spacial score (nSPS) is 12.8. The standard InChI is InChI=1S/C12H16BrN5O2/c1-16-12(15)18-9(5-19)7(2-3-14)8-4-11(13)17-10(8)6-20/h4-6,17H,2-3,14H2,1H3,(H3,15,16,18)/b9-7-. The summed E-state index contributed by atoms with van der Waals surface area (Å²) in [6.45, 7) is 0.318. The second-order valence-electron chi connectivity index (χ2n) is 3.85. The van der Waals surface area contributed by atoms with E-state index in [-0.39, 0.29) is 11.7 Å². The first kappa shape index (κ1) is 16.1. The third kappa shape index (κ3) is 3.78. The van der Waals surface area contributed by atoms with Crippen molar-refractivity contribution in [3.63, 3.8) is 0 Å². The Hall–Kier alpha value is -1.93. The summed E-state index contributed by atoms with van der Waals surface area (Å²) < 4.78 is 0.631. The number of aliphatic imine (C=N–C) groups is 1. The van der Waals surface area contributed by atoms with Crippen LogP contribution in [0.5, 0.6) is 0 Å². The Morgan fingerprint density at radius 1 is 1.55 bits per heavy atom. The summed E-state index contributed by atoms with van der Waals surface area (Å²) in [5.74, 6) is 0.101. The van der Waals surface area contributed by atoms with Gasteiger partial charge in [0.2, 0.25) is 0 Å². The Balaban J connectivity index is 3.39. The minimum Gasteiger partial charge on any atom is -0.370 e. The Morgan fingerprint density at radius 2 is 2.25 bits per heavy atom. The second-order valence-corrected chi connectivity index (χ2v) is 4.70. The number of nitrogens with two attached hydrogens (primary N) is 2. The number of nitrogens with zero attached hydrogens (tertiary/aromatic N) is 1. The van der Waals surface area contributed by atoms with Crippen LogP contribution in [0.3, 0.4) is 0 Å². The number of rotatable bonds is 6. The van der Waals surface area contributed by atoms with Gasteiger partial charge in [0.1, 0.15) is 0 Å². The molecule has 0 fully saturated rings. The highest BCUT2D eigenvalue weighted by Crippen LogP contribution is 2.26. The molecule has 0 aromatic carbocycles. The molecule has 1 heterocycles. The Bertz CT molecular complexity index is 562. The number of nitrogens with one attached hydrogen (secondary N) is 2. The lowest BCUT2D eigenvalue weighted by molar-refractivity contribution is -0.105. The first-order valence-corrected chi connectivity index (χ1v) is 6.58. The summed E-state index contributed by atoms with van der Waals surface area (Å²) in [4.78, 5) is 28.9. The maximum Gasteiger partial charge on any atom is 0.192 e. The molecule has 7 nitrogen and oxygen atoms in total. The number of aldehydes is 2. The molecule has 1 aromatic heterocycles. The highest BCUT2D eigenvalue weighted by atomic mass is 79.9. The van der Waals surface area contributed by atoms with E-state index in [1.807, 2.05) is 0 Å². The Kier molecular flexibility index (Phi) is 6.13. The van der Waals surface area contributed by atoms with Crippen LogP contribution in [0.25, 0.3) is 5.57 Å². The lowest BCUT2D eigenvalue weighted by atomic mass is 10.0. The summed E-state index contributed by atoms with van der Waals surface area (Å²) in [5, 5.41) is 2.70. The second kappa shape index (κ2) is 7.61. The van der Waals surface area contributed by atoms with Crippen molar-refractivity contribution in [2.75, 3.05) is 13.6 Å². The molecule has 20 heavy (non-hydrogen) atoms. The quantitative estimate of drug-likeness (QED) is 0.257. The summed E-state index contributed by atoms with van der Waals surface area (Å²) in [6, 6.07) is 1.71. The van der Waals surface area contributed by atoms with E-state index in [0.29, 0.717) is 47.0 Å². The zero-order chi connectivity index (χ0) is 15.1. The van der Waals surface area contributed by atoms with Crippen molar-refractivity contribution in [3.8, 4) is 0 Å². The largest absolute Gasteiger partial charge is 0.370 e. The third-order valence-corrected chi connectivity index (χ3v) is 3.03. The van der Waals surface area contributed by atoms with Gasteiger partial charge in [0.05, 0.1) is 16.0 Å². The van der Waals surface area contributed by atoms with Gasteiger partial charge >= 0.3 is 0 Å². The fourth-order valence-corrected chi connectivity index (χ4v) is 2.15. The number of allylic oxidation sites excluding steroid dienone is 1. The van der Waals surface area contributed by atoms with Crippen LogP contribution < -0.4 is 16.8 Å². The lowest BCUT2D eigenvalue weighted by Crippen LogP contribution is -2.32. The number of halogens is 1. The van der Waals surface area contributed by atoms with E-state index in [4.69, 9.17) is 11.5 Å². The predicted molar refractivity (Wildman–Crippen MR) is 81.2 cm³/mol. The summed E-state index contributed by atoms with van der Waals surface area (Å²) in [6.07, 6.45) is 1.71. The highest BCUT2D eigenvalue weighted by molar-refractivity contribution is 9.10. The van der Waals surface area contributed by atoms with E-state index in [2.05, 4.69) is 31.2 Å². The first-order chi connectivity index (χ1) is 9.57. The maximum atomic E-state index is 11.3. The topological polar surface area (TPSA) is 126 Å². The van der Waals surface area contributed by atoms with Crippen molar-refractivity contribution in [2.45, 2.75) is 6.42 Å². The fraction of sp³-hybridized carbons (Fsp3) is 0.250. The van der Waals surface area contributed by atoms with E-state index >= 15 is 0 Å². The first-order valence-electron chi connectivity index (χ1n) is 5.79. The van der Waals surface area contributed by atoms with Gasteiger partial charge in [-0.25, -0.2) is 0 Å². The van der Waals surface area contributed by atoms with Crippen LogP contribution in [-0.2, 0) is 4.79 Å². The Labute approximate surface area is 124 Å². The number of aromatic amines is 1. The molecule has 0 aliphatic rings. The lowest BCUT2D eigenvalue weighted by Gasteiger charge is -2.12. The zero-order valence-electron chi connectivity index (χ0n) is 10.9. The van der Waals surface area contributed by atoms with Gasteiger partial charge in [-0.1, -0.05) is 0 Å². The molecule has 8 heteroatoms. The molecule has 0 aliphatic carbocycles. The molecule has 0 saturated carbocycles. The smallest absolute Gasteiger partial charge is 0.192 e. The molecule has 0 atom stereocenters. The van der Waals surface area contributed by atoms with E-state index in [0.717, 1.165) is 0 Å². The molecule has 1 rings (SSSR count). The van der Waals surface area contributed by atoms with Gasteiger partial charge in [0.15, 0.2) is 18.5 Å². The van der Waals surface area contributed by atoms with Crippen LogP contribution in [0.15, 0.2) is 21.4 Å². The Morgan fingerprint density at radius 3 is 2.75 bits per heavy atom. The van der Waals surface area contributed by atoms with E-state index in [1.165, 1.54) is 7.05 Å². The monoisotopic (exact) mass is 341 g/mol. The average Bonchev–Trinajstić information content (AvgIpc) is 2.83. The summed E-state index contributed by atoms with van der Waals surface area (Å²) >= 11 is 3.25. The summed E-state index contributed by atoms with van der Waals surface area (Å²) in [5.41, 5.74) is 12.9. The highest BCUT2D eigenvalue weighted by Gasteiger charge is 2.15. The van der Waals surface area contributed by atoms with Gasteiger partial charge in [0.25, 0.3) is 0 Å². The third-order valence-electron chi connectivity index (χ3n) is 2.60. The fourth-order valence-electron chi connectivity index (χ4n) is 1.71. The van der Waals surface area contributed by atoms with Crippen molar-refractivity contribution in [1.29, 1.82) is 0 Å². The van der Waals surface area contributed by atoms with Crippen molar-refractivity contribution in [2.24, 2.45) is 16.5 Å². The molecule has 0 radical (unpaired) electrons. The molecule has 0 unspecified atom stereocenters. The van der Waals surface area contributed by atoms with E-state index in [1.54, 1.807) is 6.07 Å². The molecule has 0 spiro atoms. The predicted octanol–water partition coefficient (Wildman–Crippen LogP) is 0.383. The molecule has 1 aromatic rings. The van der Waals surface area contributed by atoms with Gasteiger partial charge in [-0.05, 0) is 40.5 Å². The number of aromatic nitrogens is 1. The van der Waals surface area contributed by atoms with Crippen LogP contribution in [0, 0.1) is 0 Å². The van der Waals surface area contributed by atoms with Crippen LogP contribution in [0.2, 0.25) is 0 Å². The van der Waals surface area contributed by atoms with Crippen molar-refractivity contribution in [3.05, 3.63) is 27.6 Å². The number of carbonyl (C=O) groups excluding carboxylic acids is 2. The summed E-state index contributed by atoms with van der Waals surface area (Å²) in [7, 11) is 1.50. The number of carbonyl (C=O) groups is 2.